The molecule has 0 saturated heterocycles. The summed E-state index contributed by atoms with van der Waals surface area (Å²) in [7, 11) is 0. The molecule has 0 aromatic heterocycles. The molecule has 0 aliphatic heterocycles. The molecular formula is C18H20ClF3N4O3. The van der Waals surface area contributed by atoms with Crippen LogP contribution in [-0.4, -0.2) is 23.9 Å². The molecule has 2 aromatic rings. The Morgan fingerprint density at radius 2 is 1.76 bits per heavy atom. The first-order chi connectivity index (χ1) is 13.2. The maximum Gasteiger partial charge on any atom is 0.416 e. The molecule has 0 saturated carbocycles. The van der Waals surface area contributed by atoms with Crippen molar-refractivity contribution >= 4 is 35.4 Å². The molecule has 0 radical (unpaired) electrons. The predicted octanol–water partition coefficient (Wildman–Crippen LogP) is 3.78. The van der Waals surface area contributed by atoms with Gasteiger partial charge in [0.2, 0.25) is 5.91 Å². The summed E-state index contributed by atoms with van der Waals surface area (Å²) < 4.78 is 38.0. The molecule has 29 heavy (non-hydrogen) atoms. The molecule has 0 atom stereocenters. The van der Waals surface area contributed by atoms with Gasteiger partial charge >= 0.3 is 6.18 Å². The number of carbonyl (C=O) groups excluding carboxylic acids is 1. The predicted molar refractivity (Wildman–Crippen MR) is 106 cm³/mol. The number of anilines is 2. The van der Waals surface area contributed by atoms with Gasteiger partial charge in [-0.1, -0.05) is 12.1 Å². The second kappa shape index (κ2) is 10.5. The highest BCUT2D eigenvalue weighted by Crippen LogP contribution is 2.34. The zero-order valence-corrected chi connectivity index (χ0v) is 16.0. The van der Waals surface area contributed by atoms with Gasteiger partial charge in [0.15, 0.2) is 0 Å². The SMILES string of the molecule is Cl.Nc1ccc(CCNC(=O)CCNc2ccc(C(F)(F)F)cc2[N+](=O)[O-])cc1. The van der Waals surface area contributed by atoms with Crippen molar-refractivity contribution in [2.45, 2.75) is 19.0 Å². The van der Waals surface area contributed by atoms with Crippen LogP contribution in [0.5, 0.6) is 0 Å². The molecule has 4 N–H and O–H groups in total. The second-order valence-electron chi connectivity index (χ2n) is 6.01. The standard InChI is InChI=1S/C18H19F3N4O3.ClH/c19-18(20,21)13-3-6-15(16(11-13)25(27)28)23-10-8-17(26)24-9-7-12-1-4-14(22)5-2-12;/h1-6,11,23H,7-10,22H2,(H,24,26);1H. The first-order valence-electron chi connectivity index (χ1n) is 8.37. The number of carbonyl (C=O) groups is 1. The van der Waals surface area contributed by atoms with Crippen LogP contribution in [0.4, 0.5) is 30.2 Å². The van der Waals surface area contributed by atoms with Crippen LogP contribution in [0.15, 0.2) is 42.5 Å². The Kier molecular flexibility index (Phi) is 8.71. The number of hydrogen-bond acceptors (Lipinski definition) is 5. The van der Waals surface area contributed by atoms with Crippen LogP contribution in [0.1, 0.15) is 17.5 Å². The minimum atomic E-state index is -4.67. The van der Waals surface area contributed by atoms with Gasteiger partial charge in [0.25, 0.3) is 5.69 Å². The Bertz CT molecular complexity index is 845. The van der Waals surface area contributed by atoms with E-state index in [1.807, 2.05) is 12.1 Å². The number of alkyl halides is 3. The van der Waals surface area contributed by atoms with Crippen LogP contribution in [0.3, 0.4) is 0 Å². The van der Waals surface area contributed by atoms with Gasteiger partial charge in [0.05, 0.1) is 10.5 Å². The van der Waals surface area contributed by atoms with E-state index < -0.39 is 22.4 Å². The fourth-order valence-corrected chi connectivity index (χ4v) is 2.44. The number of benzene rings is 2. The molecule has 0 bridgehead atoms. The van der Waals surface area contributed by atoms with Gasteiger partial charge in [-0.2, -0.15) is 13.2 Å². The van der Waals surface area contributed by atoms with Crippen molar-refractivity contribution in [2.24, 2.45) is 0 Å². The van der Waals surface area contributed by atoms with Crippen LogP contribution in [-0.2, 0) is 17.4 Å². The molecule has 2 aromatic carbocycles. The van der Waals surface area contributed by atoms with E-state index in [9.17, 15) is 28.1 Å². The van der Waals surface area contributed by atoms with Gasteiger partial charge in [-0.3, -0.25) is 14.9 Å². The van der Waals surface area contributed by atoms with E-state index in [1.165, 1.54) is 0 Å². The van der Waals surface area contributed by atoms with Crippen LogP contribution in [0.25, 0.3) is 0 Å². The lowest BCUT2D eigenvalue weighted by Gasteiger charge is -2.11. The molecule has 2 rings (SSSR count). The molecule has 0 aliphatic carbocycles. The smallest absolute Gasteiger partial charge is 0.399 e. The first kappa shape index (κ1) is 24.0. The second-order valence-corrected chi connectivity index (χ2v) is 6.01. The number of amides is 1. The quantitative estimate of drug-likeness (QED) is 0.334. The third-order valence-corrected chi connectivity index (χ3v) is 3.90. The summed E-state index contributed by atoms with van der Waals surface area (Å²) >= 11 is 0. The molecule has 11 heteroatoms. The number of nitro benzene ring substituents is 1. The average molecular weight is 433 g/mol. The maximum atomic E-state index is 12.7. The highest BCUT2D eigenvalue weighted by molar-refractivity contribution is 5.85. The van der Waals surface area contributed by atoms with Crippen molar-refractivity contribution < 1.29 is 22.9 Å². The van der Waals surface area contributed by atoms with Crippen molar-refractivity contribution in [3.05, 3.63) is 63.7 Å². The summed E-state index contributed by atoms with van der Waals surface area (Å²) in [4.78, 5) is 21.9. The molecular weight excluding hydrogens is 413 g/mol. The van der Waals surface area contributed by atoms with Crippen molar-refractivity contribution in [3.63, 3.8) is 0 Å². The number of nitrogen functional groups attached to an aromatic ring is 1. The Hall–Kier alpha value is -3.01. The Labute approximate surface area is 171 Å². The van der Waals surface area contributed by atoms with Crippen molar-refractivity contribution in [2.75, 3.05) is 24.1 Å². The molecule has 1 amide bonds. The minimum absolute atomic E-state index is 0. The number of nitro groups is 1. The lowest BCUT2D eigenvalue weighted by Crippen LogP contribution is -2.27. The van der Waals surface area contributed by atoms with E-state index in [1.54, 1.807) is 12.1 Å². The van der Waals surface area contributed by atoms with E-state index in [0.29, 0.717) is 24.7 Å². The van der Waals surface area contributed by atoms with Crippen molar-refractivity contribution in [3.8, 4) is 0 Å². The van der Waals surface area contributed by atoms with E-state index in [2.05, 4.69) is 10.6 Å². The molecule has 158 valence electrons. The van der Waals surface area contributed by atoms with E-state index in [4.69, 9.17) is 5.73 Å². The van der Waals surface area contributed by atoms with Gasteiger partial charge in [-0.25, -0.2) is 0 Å². The van der Waals surface area contributed by atoms with Crippen LogP contribution < -0.4 is 16.4 Å². The molecule has 0 spiro atoms. The van der Waals surface area contributed by atoms with Crippen molar-refractivity contribution in [1.82, 2.24) is 5.32 Å². The zero-order valence-electron chi connectivity index (χ0n) is 15.2. The lowest BCUT2D eigenvalue weighted by atomic mass is 10.1. The molecule has 0 unspecified atom stereocenters. The molecule has 7 nitrogen and oxygen atoms in total. The Morgan fingerprint density at radius 3 is 2.34 bits per heavy atom. The number of halogens is 4. The van der Waals surface area contributed by atoms with Gasteiger partial charge < -0.3 is 16.4 Å². The summed E-state index contributed by atoms with van der Waals surface area (Å²) in [5.41, 5.74) is 5.37. The van der Waals surface area contributed by atoms with Gasteiger partial charge in [0.1, 0.15) is 5.69 Å². The van der Waals surface area contributed by atoms with Crippen LogP contribution in [0, 0.1) is 10.1 Å². The van der Waals surface area contributed by atoms with E-state index >= 15 is 0 Å². The Morgan fingerprint density at radius 1 is 1.10 bits per heavy atom. The topological polar surface area (TPSA) is 110 Å². The molecule has 0 fully saturated rings. The van der Waals surface area contributed by atoms with Crippen LogP contribution in [0.2, 0.25) is 0 Å². The summed E-state index contributed by atoms with van der Waals surface area (Å²) in [6.07, 6.45) is -4.04. The summed E-state index contributed by atoms with van der Waals surface area (Å²) in [5, 5.41) is 16.3. The number of rotatable bonds is 8. The minimum Gasteiger partial charge on any atom is -0.399 e. The van der Waals surface area contributed by atoms with Crippen LogP contribution >= 0.6 is 12.4 Å². The number of hydrogen-bond donors (Lipinski definition) is 3. The summed E-state index contributed by atoms with van der Waals surface area (Å²) in [6, 6.07) is 9.44. The third kappa shape index (κ3) is 7.49. The zero-order chi connectivity index (χ0) is 20.7. The fourth-order valence-electron chi connectivity index (χ4n) is 2.44. The number of nitrogens with zero attached hydrogens (tertiary/aromatic N) is 1. The number of nitrogens with two attached hydrogens (primary N) is 1. The van der Waals surface area contributed by atoms with Gasteiger partial charge in [-0.05, 0) is 36.2 Å². The van der Waals surface area contributed by atoms with Crippen molar-refractivity contribution in [1.29, 1.82) is 0 Å². The molecule has 0 aliphatic rings. The van der Waals surface area contributed by atoms with E-state index in [-0.39, 0.29) is 37.0 Å². The highest BCUT2D eigenvalue weighted by Gasteiger charge is 2.33. The van der Waals surface area contributed by atoms with E-state index in [0.717, 1.165) is 17.7 Å². The lowest BCUT2D eigenvalue weighted by molar-refractivity contribution is -0.384. The van der Waals surface area contributed by atoms with Gasteiger partial charge in [-0.15, -0.1) is 12.4 Å². The van der Waals surface area contributed by atoms with Gasteiger partial charge in [0, 0.05) is 31.3 Å². The normalized spacial score (nSPS) is 10.7. The summed E-state index contributed by atoms with van der Waals surface area (Å²) in [5.74, 6) is -0.280. The first-order valence-corrected chi connectivity index (χ1v) is 8.37. The highest BCUT2D eigenvalue weighted by atomic mass is 35.5. The maximum absolute atomic E-state index is 12.7. The largest absolute Gasteiger partial charge is 0.416 e. The average Bonchev–Trinajstić information content (AvgIpc) is 2.62. The molecule has 0 heterocycles. The monoisotopic (exact) mass is 432 g/mol. The Balaban J connectivity index is 0.00000420. The fraction of sp³-hybridized carbons (Fsp3) is 0.278. The third-order valence-electron chi connectivity index (χ3n) is 3.90. The summed E-state index contributed by atoms with van der Waals surface area (Å²) in [6.45, 7) is 0.448. The number of nitrogens with one attached hydrogen (secondary N) is 2.